The van der Waals surface area contributed by atoms with Gasteiger partial charge in [-0.05, 0) is 47.0 Å². The maximum atomic E-state index is 13.2. The Morgan fingerprint density at radius 2 is 2.05 bits per heavy atom. The number of nitrogens with zero attached hydrogens (tertiary/aromatic N) is 1. The molecule has 5 nitrogen and oxygen atoms in total. The fourth-order valence-electron chi connectivity index (χ4n) is 2.25. The second kappa shape index (κ2) is 7.00. The predicted octanol–water partition coefficient (Wildman–Crippen LogP) is 2.29. The number of amides is 1. The smallest absolute Gasteiger partial charge is 0.329 e. The van der Waals surface area contributed by atoms with E-state index >= 15 is 0 Å². The lowest BCUT2D eigenvalue weighted by atomic mass is 10.1. The molecule has 1 fully saturated rings. The molecule has 7 heteroatoms. The molecule has 1 aromatic rings. The Bertz CT molecular complexity index is 544. The first-order valence-corrected chi connectivity index (χ1v) is 7.34. The quantitative estimate of drug-likeness (QED) is 0.895. The van der Waals surface area contributed by atoms with Crippen LogP contribution in [-0.2, 0) is 9.53 Å². The third-order valence-corrected chi connectivity index (χ3v) is 4.02. The van der Waals surface area contributed by atoms with Gasteiger partial charge >= 0.3 is 5.97 Å². The van der Waals surface area contributed by atoms with Crippen LogP contribution in [0.3, 0.4) is 0 Å². The van der Waals surface area contributed by atoms with Crippen LogP contribution in [0.2, 0.25) is 0 Å². The molecule has 1 saturated heterocycles. The average Bonchev–Trinajstić information content (AvgIpc) is 2.47. The number of hydrogen-bond acceptors (Lipinski definition) is 3. The van der Waals surface area contributed by atoms with Crippen molar-refractivity contribution in [3.05, 3.63) is 34.1 Å². The minimum Gasteiger partial charge on any atom is -0.480 e. The highest BCUT2D eigenvalue weighted by Gasteiger charge is 2.25. The van der Waals surface area contributed by atoms with Crippen LogP contribution in [0.25, 0.3) is 0 Å². The number of hydrogen-bond donors (Lipinski definition) is 1. The van der Waals surface area contributed by atoms with Gasteiger partial charge in [0.2, 0.25) is 0 Å². The largest absolute Gasteiger partial charge is 0.480 e. The molecule has 1 aliphatic rings. The minimum atomic E-state index is -1.00. The standard InChI is InChI=1S/C14H15BrFNO4/c15-12-2-1-9(16)7-11(12)14(20)17-5-3-10(4-6-17)21-8-13(18)19/h1-2,7,10H,3-6,8H2,(H,18,19). The van der Waals surface area contributed by atoms with E-state index in [0.717, 1.165) is 0 Å². The first kappa shape index (κ1) is 15.9. The summed E-state index contributed by atoms with van der Waals surface area (Å²) in [5, 5.41) is 8.56. The van der Waals surface area contributed by atoms with Crippen LogP contribution >= 0.6 is 15.9 Å². The summed E-state index contributed by atoms with van der Waals surface area (Å²) >= 11 is 3.25. The van der Waals surface area contributed by atoms with Gasteiger partial charge in [0, 0.05) is 17.6 Å². The molecule has 0 spiro atoms. The second-order valence-corrected chi connectivity index (χ2v) is 5.67. The molecule has 21 heavy (non-hydrogen) atoms. The zero-order valence-corrected chi connectivity index (χ0v) is 12.8. The molecule has 1 N–H and O–H groups in total. The molecule has 1 aromatic carbocycles. The Balaban J connectivity index is 1.94. The Labute approximate surface area is 129 Å². The fourth-order valence-corrected chi connectivity index (χ4v) is 2.66. The number of carbonyl (C=O) groups excluding carboxylic acids is 1. The van der Waals surface area contributed by atoms with Crippen molar-refractivity contribution in [2.45, 2.75) is 18.9 Å². The van der Waals surface area contributed by atoms with Crippen molar-refractivity contribution in [3.8, 4) is 0 Å². The molecule has 1 heterocycles. The lowest BCUT2D eigenvalue weighted by Gasteiger charge is -2.32. The lowest BCUT2D eigenvalue weighted by molar-refractivity contribution is -0.145. The van der Waals surface area contributed by atoms with Gasteiger partial charge in [0.1, 0.15) is 12.4 Å². The van der Waals surface area contributed by atoms with Crippen molar-refractivity contribution in [1.29, 1.82) is 0 Å². The zero-order chi connectivity index (χ0) is 15.4. The van der Waals surface area contributed by atoms with Crippen LogP contribution in [0, 0.1) is 5.82 Å². The normalized spacial score (nSPS) is 16.0. The highest BCUT2D eigenvalue weighted by Crippen LogP contribution is 2.22. The van der Waals surface area contributed by atoms with Crippen LogP contribution in [0.4, 0.5) is 4.39 Å². The average molecular weight is 360 g/mol. The van der Waals surface area contributed by atoms with Gasteiger partial charge in [0.25, 0.3) is 5.91 Å². The van der Waals surface area contributed by atoms with Crippen molar-refractivity contribution in [2.75, 3.05) is 19.7 Å². The van der Waals surface area contributed by atoms with E-state index in [1.165, 1.54) is 18.2 Å². The van der Waals surface area contributed by atoms with E-state index in [9.17, 15) is 14.0 Å². The number of carboxylic acid groups (broad SMARTS) is 1. The third kappa shape index (κ3) is 4.25. The summed E-state index contributed by atoms with van der Waals surface area (Å²) < 4.78 is 19.0. The molecule has 0 bridgehead atoms. The molecule has 2 rings (SSSR count). The number of aliphatic carboxylic acids is 1. The summed E-state index contributed by atoms with van der Waals surface area (Å²) in [5.41, 5.74) is 0.292. The molecule has 0 aliphatic carbocycles. The van der Waals surface area contributed by atoms with Gasteiger partial charge in [0.15, 0.2) is 0 Å². The summed E-state index contributed by atoms with van der Waals surface area (Å²) in [4.78, 5) is 24.4. The van der Waals surface area contributed by atoms with Crippen molar-refractivity contribution < 1.29 is 23.8 Å². The zero-order valence-electron chi connectivity index (χ0n) is 11.2. The van der Waals surface area contributed by atoms with E-state index < -0.39 is 11.8 Å². The first-order chi connectivity index (χ1) is 9.97. The van der Waals surface area contributed by atoms with Gasteiger partial charge in [-0.1, -0.05) is 0 Å². The molecule has 0 radical (unpaired) electrons. The fraction of sp³-hybridized carbons (Fsp3) is 0.429. The molecule has 1 aliphatic heterocycles. The van der Waals surface area contributed by atoms with E-state index in [1.54, 1.807) is 4.90 Å². The van der Waals surface area contributed by atoms with Crippen LogP contribution in [0.1, 0.15) is 23.2 Å². The number of carboxylic acids is 1. The molecule has 1 amide bonds. The summed E-state index contributed by atoms with van der Waals surface area (Å²) in [6.07, 6.45) is 0.999. The molecular weight excluding hydrogens is 345 g/mol. The lowest BCUT2D eigenvalue weighted by Crippen LogP contribution is -2.41. The third-order valence-electron chi connectivity index (χ3n) is 3.33. The van der Waals surface area contributed by atoms with Crippen LogP contribution < -0.4 is 0 Å². The SMILES string of the molecule is O=C(O)COC1CCN(C(=O)c2cc(F)ccc2Br)CC1. The van der Waals surface area contributed by atoms with Crippen LogP contribution in [0.5, 0.6) is 0 Å². The Hall–Kier alpha value is -1.47. The van der Waals surface area contributed by atoms with E-state index in [4.69, 9.17) is 9.84 Å². The molecule has 0 atom stereocenters. The number of carbonyl (C=O) groups is 2. The topological polar surface area (TPSA) is 66.8 Å². The number of ether oxygens (including phenoxy) is 1. The summed E-state index contributed by atoms with van der Waals surface area (Å²) in [6, 6.07) is 4.00. The maximum Gasteiger partial charge on any atom is 0.329 e. The summed E-state index contributed by atoms with van der Waals surface area (Å²) in [5.74, 6) is -1.70. The van der Waals surface area contributed by atoms with Gasteiger partial charge < -0.3 is 14.7 Å². The molecule has 0 unspecified atom stereocenters. The van der Waals surface area contributed by atoms with Gasteiger partial charge in [-0.15, -0.1) is 0 Å². The number of likely N-dealkylation sites (tertiary alicyclic amines) is 1. The predicted molar refractivity (Wildman–Crippen MR) is 76.6 cm³/mol. The van der Waals surface area contributed by atoms with E-state index in [1.807, 2.05) is 0 Å². The first-order valence-electron chi connectivity index (χ1n) is 6.55. The highest BCUT2D eigenvalue weighted by molar-refractivity contribution is 9.10. The highest BCUT2D eigenvalue weighted by atomic mass is 79.9. The van der Waals surface area contributed by atoms with E-state index in [-0.39, 0.29) is 18.6 Å². The Morgan fingerprint density at radius 1 is 1.38 bits per heavy atom. The molecule has 0 saturated carbocycles. The van der Waals surface area contributed by atoms with Crippen molar-refractivity contribution in [1.82, 2.24) is 4.90 Å². The number of benzene rings is 1. The second-order valence-electron chi connectivity index (χ2n) is 4.82. The Morgan fingerprint density at radius 3 is 2.67 bits per heavy atom. The number of rotatable bonds is 4. The van der Waals surface area contributed by atoms with Crippen LogP contribution in [0.15, 0.2) is 22.7 Å². The van der Waals surface area contributed by atoms with Gasteiger partial charge in [-0.3, -0.25) is 4.79 Å². The van der Waals surface area contributed by atoms with E-state index in [2.05, 4.69) is 15.9 Å². The number of piperidine rings is 1. The van der Waals surface area contributed by atoms with Gasteiger partial charge in [-0.25, -0.2) is 9.18 Å². The minimum absolute atomic E-state index is 0.152. The summed E-state index contributed by atoms with van der Waals surface area (Å²) in [6.45, 7) is 0.603. The van der Waals surface area contributed by atoms with Crippen molar-refractivity contribution in [2.24, 2.45) is 0 Å². The van der Waals surface area contributed by atoms with Crippen LogP contribution in [-0.4, -0.2) is 47.7 Å². The molecule has 0 aromatic heterocycles. The maximum absolute atomic E-state index is 13.2. The number of halogens is 2. The summed E-state index contributed by atoms with van der Waals surface area (Å²) in [7, 11) is 0. The van der Waals surface area contributed by atoms with Gasteiger partial charge in [-0.2, -0.15) is 0 Å². The van der Waals surface area contributed by atoms with Gasteiger partial charge in [0.05, 0.1) is 11.7 Å². The van der Waals surface area contributed by atoms with E-state index in [0.29, 0.717) is 36.0 Å². The molecular formula is C14H15BrFNO4. The monoisotopic (exact) mass is 359 g/mol. The van der Waals surface area contributed by atoms with Crippen molar-refractivity contribution in [3.63, 3.8) is 0 Å². The molecule has 114 valence electrons. The Kier molecular flexibility index (Phi) is 5.30. The van der Waals surface area contributed by atoms with Crippen molar-refractivity contribution >= 4 is 27.8 Å².